The largest absolute Gasteiger partial charge is 0.311 e. The third-order valence-corrected chi connectivity index (χ3v) is 4.17. The number of carbonyl (C=O) groups is 1. The highest BCUT2D eigenvalue weighted by atomic mass is 79.9. The minimum absolute atomic E-state index is 0.0266. The first-order valence-corrected chi connectivity index (χ1v) is 6.97. The molecule has 0 aromatic heterocycles. The lowest BCUT2D eigenvalue weighted by atomic mass is 10.1. The van der Waals surface area contributed by atoms with E-state index in [2.05, 4.69) is 26.0 Å². The van der Waals surface area contributed by atoms with Crippen molar-refractivity contribution in [2.75, 3.05) is 18.0 Å². The van der Waals surface area contributed by atoms with Crippen molar-refractivity contribution in [2.45, 2.75) is 13.3 Å². The van der Waals surface area contributed by atoms with Crippen molar-refractivity contribution < 1.29 is 4.79 Å². The van der Waals surface area contributed by atoms with Crippen molar-refractivity contribution >= 4 is 39.1 Å². The van der Waals surface area contributed by atoms with Gasteiger partial charge in [0, 0.05) is 33.9 Å². The van der Waals surface area contributed by atoms with E-state index in [0.717, 1.165) is 15.7 Å². The Bertz CT molecular complexity index is 571. The molecule has 1 aliphatic rings. The number of benzene rings is 1. The highest BCUT2D eigenvalue weighted by molar-refractivity contribution is 9.10. The van der Waals surface area contributed by atoms with Gasteiger partial charge < -0.3 is 4.90 Å². The third-order valence-electron chi connectivity index (χ3n) is 3.13. The molecule has 1 aromatic rings. The molecule has 1 atom stereocenters. The molecule has 7 heteroatoms. The molecule has 1 unspecified atom stereocenters. The molecule has 0 spiro atoms. The van der Waals surface area contributed by atoms with Crippen LogP contribution < -0.4 is 4.90 Å². The topological polar surface area (TPSA) is 69.1 Å². The van der Waals surface area contributed by atoms with Crippen LogP contribution in [0.3, 0.4) is 0 Å². The molecule has 1 aromatic carbocycles. The Labute approximate surface area is 124 Å². The van der Waals surface area contributed by atoms with Crippen LogP contribution in [0.4, 0.5) is 5.69 Å². The number of hydrogen-bond acceptors (Lipinski definition) is 2. The Balaban J connectivity index is 2.25. The van der Waals surface area contributed by atoms with Gasteiger partial charge in [-0.1, -0.05) is 16.7 Å². The van der Waals surface area contributed by atoms with E-state index < -0.39 is 0 Å². The zero-order valence-corrected chi connectivity index (χ0v) is 12.6. The summed E-state index contributed by atoms with van der Waals surface area (Å²) in [5.41, 5.74) is 10.0. The number of hydrogen-bond donors (Lipinski definition) is 0. The van der Waals surface area contributed by atoms with Gasteiger partial charge in [0.1, 0.15) is 0 Å². The van der Waals surface area contributed by atoms with E-state index >= 15 is 0 Å². The Morgan fingerprint density at radius 3 is 3.05 bits per heavy atom. The third kappa shape index (κ3) is 3.03. The molecule has 1 aliphatic heterocycles. The molecule has 5 nitrogen and oxygen atoms in total. The summed E-state index contributed by atoms with van der Waals surface area (Å²) in [5, 5.41) is 4.16. The van der Waals surface area contributed by atoms with Gasteiger partial charge in [-0.25, -0.2) is 0 Å². The van der Waals surface area contributed by atoms with Crippen molar-refractivity contribution in [3.63, 3.8) is 0 Å². The van der Waals surface area contributed by atoms with Crippen LogP contribution in [-0.2, 0) is 4.79 Å². The first-order chi connectivity index (χ1) is 9.02. The Kier molecular flexibility index (Phi) is 4.34. The maximum absolute atomic E-state index is 12.0. The summed E-state index contributed by atoms with van der Waals surface area (Å²) in [6.45, 7) is 2.80. The van der Waals surface area contributed by atoms with Gasteiger partial charge in [0.05, 0.1) is 5.69 Å². The standard InChI is InChI=1S/C12H12BrClN4O/c1-7-2-9(13)11(4-10(7)14)18-6-8(3-12(18)19)5-16-17-15/h2,4,8H,3,5-6H2,1H3. The summed E-state index contributed by atoms with van der Waals surface area (Å²) in [5.74, 6) is 0.0918. The molecule has 1 amide bonds. The average molecular weight is 344 g/mol. The van der Waals surface area contributed by atoms with Crippen molar-refractivity contribution in [1.82, 2.24) is 0 Å². The quantitative estimate of drug-likeness (QED) is 0.463. The van der Waals surface area contributed by atoms with Crippen LogP contribution >= 0.6 is 27.5 Å². The number of rotatable bonds is 3. The number of carbonyl (C=O) groups excluding carboxylic acids is 1. The van der Waals surface area contributed by atoms with Crippen molar-refractivity contribution in [2.24, 2.45) is 11.0 Å². The lowest BCUT2D eigenvalue weighted by Gasteiger charge is -2.19. The molecule has 1 fully saturated rings. The molecule has 0 bridgehead atoms. The van der Waals surface area contributed by atoms with Crippen LogP contribution in [0.25, 0.3) is 10.4 Å². The molecule has 0 aliphatic carbocycles. The van der Waals surface area contributed by atoms with E-state index in [9.17, 15) is 4.79 Å². The molecular weight excluding hydrogens is 332 g/mol. The van der Waals surface area contributed by atoms with Gasteiger partial charge in [0.25, 0.3) is 0 Å². The summed E-state index contributed by atoms with van der Waals surface area (Å²) in [6, 6.07) is 3.68. The Morgan fingerprint density at radius 2 is 2.37 bits per heavy atom. The second kappa shape index (κ2) is 5.82. The van der Waals surface area contributed by atoms with Crippen LogP contribution in [0.2, 0.25) is 5.02 Å². The molecule has 0 saturated carbocycles. The van der Waals surface area contributed by atoms with Crippen LogP contribution in [0.1, 0.15) is 12.0 Å². The molecule has 19 heavy (non-hydrogen) atoms. The number of nitrogens with zero attached hydrogens (tertiary/aromatic N) is 4. The number of halogens is 2. The first kappa shape index (κ1) is 14.2. The van der Waals surface area contributed by atoms with Gasteiger partial charge in [-0.15, -0.1) is 0 Å². The van der Waals surface area contributed by atoms with E-state index in [1.807, 2.05) is 13.0 Å². The van der Waals surface area contributed by atoms with E-state index in [-0.39, 0.29) is 11.8 Å². The zero-order valence-electron chi connectivity index (χ0n) is 10.3. The smallest absolute Gasteiger partial charge is 0.227 e. The minimum Gasteiger partial charge on any atom is -0.311 e. The van der Waals surface area contributed by atoms with Crippen molar-refractivity contribution in [1.29, 1.82) is 0 Å². The number of amides is 1. The van der Waals surface area contributed by atoms with Gasteiger partial charge in [0.15, 0.2) is 0 Å². The van der Waals surface area contributed by atoms with Crippen LogP contribution in [0.5, 0.6) is 0 Å². The van der Waals surface area contributed by atoms with Crippen LogP contribution in [-0.4, -0.2) is 19.0 Å². The van der Waals surface area contributed by atoms with Crippen LogP contribution in [0, 0.1) is 12.8 Å². The van der Waals surface area contributed by atoms with Crippen molar-refractivity contribution in [3.05, 3.63) is 37.6 Å². The molecular formula is C12H12BrClN4O. The van der Waals surface area contributed by atoms with E-state index in [4.69, 9.17) is 17.1 Å². The SMILES string of the molecule is Cc1cc(Br)c(N2CC(CN=[N+]=[N-])CC2=O)cc1Cl. The fraction of sp³-hybridized carbons (Fsp3) is 0.417. The Morgan fingerprint density at radius 1 is 1.63 bits per heavy atom. The fourth-order valence-electron chi connectivity index (χ4n) is 2.13. The molecule has 0 radical (unpaired) electrons. The molecule has 0 N–H and O–H groups in total. The van der Waals surface area contributed by atoms with Gasteiger partial charge in [-0.05, 0) is 52.0 Å². The molecule has 1 heterocycles. The number of anilines is 1. The van der Waals surface area contributed by atoms with E-state index in [1.165, 1.54) is 0 Å². The van der Waals surface area contributed by atoms with Gasteiger partial charge in [-0.2, -0.15) is 0 Å². The second-order valence-electron chi connectivity index (χ2n) is 4.54. The predicted molar refractivity (Wildman–Crippen MR) is 78.4 cm³/mol. The lowest BCUT2D eigenvalue weighted by molar-refractivity contribution is -0.117. The van der Waals surface area contributed by atoms with Gasteiger partial charge in [0.2, 0.25) is 5.91 Å². The lowest BCUT2D eigenvalue weighted by Crippen LogP contribution is -2.25. The highest BCUT2D eigenvalue weighted by Gasteiger charge is 2.31. The first-order valence-electron chi connectivity index (χ1n) is 5.79. The fourth-order valence-corrected chi connectivity index (χ4v) is 2.96. The van der Waals surface area contributed by atoms with Gasteiger partial charge >= 0.3 is 0 Å². The van der Waals surface area contributed by atoms with E-state index in [0.29, 0.717) is 24.5 Å². The monoisotopic (exact) mass is 342 g/mol. The average Bonchev–Trinajstić information content (AvgIpc) is 2.72. The number of azide groups is 1. The summed E-state index contributed by atoms with van der Waals surface area (Å²) >= 11 is 9.56. The minimum atomic E-state index is 0.0266. The predicted octanol–water partition coefficient (Wildman–Crippen LogP) is 4.07. The number of aryl methyl sites for hydroxylation is 1. The molecule has 1 saturated heterocycles. The second-order valence-corrected chi connectivity index (χ2v) is 5.80. The van der Waals surface area contributed by atoms with Crippen molar-refractivity contribution in [3.8, 4) is 0 Å². The van der Waals surface area contributed by atoms with Gasteiger partial charge in [-0.3, -0.25) is 4.79 Å². The zero-order chi connectivity index (χ0) is 14.0. The highest BCUT2D eigenvalue weighted by Crippen LogP contribution is 2.35. The maximum atomic E-state index is 12.0. The summed E-state index contributed by atoms with van der Waals surface area (Å²) < 4.78 is 0.840. The maximum Gasteiger partial charge on any atom is 0.227 e. The summed E-state index contributed by atoms with van der Waals surface area (Å²) in [6.07, 6.45) is 0.400. The summed E-state index contributed by atoms with van der Waals surface area (Å²) in [4.78, 5) is 16.4. The summed E-state index contributed by atoms with van der Waals surface area (Å²) in [7, 11) is 0. The molecule has 2 rings (SSSR count). The van der Waals surface area contributed by atoms with Crippen LogP contribution in [0.15, 0.2) is 21.7 Å². The Hall–Kier alpha value is -1.23. The normalized spacial score (nSPS) is 18.6. The van der Waals surface area contributed by atoms with E-state index in [1.54, 1.807) is 11.0 Å². The molecule has 100 valence electrons.